The largest absolute Gasteiger partial charge is 0.477 e. The van der Waals surface area contributed by atoms with E-state index in [9.17, 15) is 9.59 Å². The average Bonchev–Trinajstić information content (AvgIpc) is 2.81. The molecule has 0 bridgehead atoms. The zero-order valence-electron chi connectivity index (χ0n) is 9.85. The second-order valence-corrected chi connectivity index (χ2v) is 4.36. The zero-order valence-corrected chi connectivity index (χ0v) is 10.7. The lowest BCUT2D eigenvalue weighted by Gasteiger charge is -2.05. The van der Waals surface area contributed by atoms with Crippen molar-refractivity contribution in [3.63, 3.8) is 0 Å². The molecule has 0 aliphatic rings. The fraction of sp³-hybridized carbons (Fsp3) is 0.333. The molecule has 0 unspecified atom stereocenters. The Morgan fingerprint density at radius 3 is 2.83 bits per heavy atom. The molecule has 2 N–H and O–H groups in total. The average molecular weight is 269 g/mol. The molecule has 1 aromatic rings. The minimum absolute atomic E-state index is 0.121. The Kier molecular flexibility index (Phi) is 6.10. The van der Waals surface area contributed by atoms with Crippen molar-refractivity contribution >= 4 is 23.2 Å². The van der Waals surface area contributed by atoms with Crippen LogP contribution in [0.3, 0.4) is 0 Å². The highest BCUT2D eigenvalue weighted by Gasteiger charge is 2.08. The molecule has 5 nitrogen and oxygen atoms in total. The number of carbonyl (C=O) groups excluding carboxylic acids is 1. The van der Waals surface area contributed by atoms with Crippen LogP contribution >= 0.6 is 11.3 Å². The maximum absolute atomic E-state index is 11.2. The monoisotopic (exact) mass is 269 g/mol. The highest BCUT2D eigenvalue weighted by Crippen LogP contribution is 2.06. The first-order valence-corrected chi connectivity index (χ1v) is 6.34. The van der Waals surface area contributed by atoms with Crippen molar-refractivity contribution < 1.29 is 19.4 Å². The number of amides is 1. The summed E-state index contributed by atoms with van der Waals surface area (Å²) in [5, 5.41) is 14.7. The number of nitrogens with one attached hydrogen (secondary N) is 1. The van der Waals surface area contributed by atoms with Gasteiger partial charge in [-0.15, -0.1) is 0 Å². The van der Waals surface area contributed by atoms with Gasteiger partial charge in [-0.3, -0.25) is 4.79 Å². The van der Waals surface area contributed by atoms with Gasteiger partial charge >= 0.3 is 5.97 Å². The van der Waals surface area contributed by atoms with E-state index in [1.54, 1.807) is 11.3 Å². The summed E-state index contributed by atoms with van der Waals surface area (Å²) in [5.74, 6) is -1.64. The van der Waals surface area contributed by atoms with Crippen molar-refractivity contribution in [3.05, 3.63) is 34.7 Å². The number of hydrogen-bond acceptors (Lipinski definition) is 4. The van der Waals surface area contributed by atoms with Crippen LogP contribution in [0, 0.1) is 0 Å². The molecule has 0 atom stereocenters. The van der Waals surface area contributed by atoms with E-state index >= 15 is 0 Å². The molecule has 0 aliphatic carbocycles. The van der Waals surface area contributed by atoms with Crippen LogP contribution in [0.15, 0.2) is 29.1 Å². The topological polar surface area (TPSA) is 75.6 Å². The summed E-state index contributed by atoms with van der Waals surface area (Å²) in [4.78, 5) is 21.6. The predicted molar refractivity (Wildman–Crippen MR) is 68.4 cm³/mol. The van der Waals surface area contributed by atoms with Gasteiger partial charge in [0.1, 0.15) is 5.70 Å². The van der Waals surface area contributed by atoms with Crippen LogP contribution in [-0.4, -0.2) is 30.2 Å². The Balaban J connectivity index is 2.05. The number of thiophene rings is 1. The van der Waals surface area contributed by atoms with Crippen LogP contribution in [-0.2, 0) is 20.7 Å². The van der Waals surface area contributed by atoms with Gasteiger partial charge in [-0.2, -0.15) is 11.3 Å². The first-order valence-electron chi connectivity index (χ1n) is 5.40. The quantitative estimate of drug-likeness (QED) is 0.552. The first-order chi connectivity index (χ1) is 8.59. The van der Waals surface area contributed by atoms with E-state index in [1.165, 1.54) is 5.56 Å². The van der Waals surface area contributed by atoms with Gasteiger partial charge < -0.3 is 15.2 Å². The molecular formula is C12H15NO4S. The molecule has 6 heteroatoms. The van der Waals surface area contributed by atoms with Crippen molar-refractivity contribution in [2.45, 2.75) is 12.8 Å². The van der Waals surface area contributed by atoms with E-state index in [2.05, 4.69) is 11.9 Å². The van der Waals surface area contributed by atoms with Gasteiger partial charge in [0.25, 0.3) is 0 Å². The third-order valence-electron chi connectivity index (χ3n) is 2.14. The molecule has 18 heavy (non-hydrogen) atoms. The van der Waals surface area contributed by atoms with E-state index in [0.29, 0.717) is 6.61 Å². The molecule has 98 valence electrons. The molecule has 0 saturated heterocycles. The van der Waals surface area contributed by atoms with Crippen molar-refractivity contribution in [3.8, 4) is 0 Å². The van der Waals surface area contributed by atoms with E-state index in [4.69, 9.17) is 9.84 Å². The van der Waals surface area contributed by atoms with Gasteiger partial charge in [-0.25, -0.2) is 4.79 Å². The summed E-state index contributed by atoms with van der Waals surface area (Å²) in [5.41, 5.74) is 0.891. The van der Waals surface area contributed by atoms with Gasteiger partial charge in [0.15, 0.2) is 0 Å². The molecule has 0 aromatic carbocycles. The Hall–Kier alpha value is -1.66. The van der Waals surface area contributed by atoms with Crippen LogP contribution in [0.1, 0.15) is 12.0 Å². The second kappa shape index (κ2) is 7.62. The minimum Gasteiger partial charge on any atom is -0.477 e. The lowest BCUT2D eigenvalue weighted by molar-refractivity contribution is -0.134. The SMILES string of the molecule is C=C(NC(=O)CCOCCc1ccsc1)C(=O)O. The van der Waals surface area contributed by atoms with Gasteiger partial charge in [0, 0.05) is 0 Å². The molecule has 1 amide bonds. The number of rotatable bonds is 8. The molecule has 0 aliphatic heterocycles. The standard InChI is InChI=1S/C12H15NO4S/c1-9(12(15)16)13-11(14)3-6-17-5-2-10-4-7-18-8-10/h4,7-8H,1-3,5-6H2,(H,13,14)(H,15,16). The number of carboxylic acid groups (broad SMARTS) is 1. The van der Waals surface area contributed by atoms with Gasteiger partial charge in [-0.1, -0.05) is 6.58 Å². The highest BCUT2D eigenvalue weighted by atomic mass is 32.1. The summed E-state index contributed by atoms with van der Waals surface area (Å²) in [6.45, 7) is 4.01. The first kappa shape index (κ1) is 14.4. The van der Waals surface area contributed by atoms with Crippen LogP contribution in [0.25, 0.3) is 0 Å². The van der Waals surface area contributed by atoms with Gasteiger partial charge in [-0.05, 0) is 28.8 Å². The van der Waals surface area contributed by atoms with E-state index < -0.39 is 11.9 Å². The van der Waals surface area contributed by atoms with Crippen molar-refractivity contribution in [1.82, 2.24) is 5.32 Å². The fourth-order valence-electron chi connectivity index (χ4n) is 1.18. The smallest absolute Gasteiger partial charge is 0.351 e. The molecule has 0 radical (unpaired) electrons. The lowest BCUT2D eigenvalue weighted by Crippen LogP contribution is -2.27. The molecule has 0 saturated carbocycles. The fourth-order valence-corrected chi connectivity index (χ4v) is 1.88. The maximum atomic E-state index is 11.2. The van der Waals surface area contributed by atoms with Crippen molar-refractivity contribution in [2.75, 3.05) is 13.2 Å². The number of carboxylic acids is 1. The van der Waals surface area contributed by atoms with E-state index in [-0.39, 0.29) is 18.7 Å². The zero-order chi connectivity index (χ0) is 13.4. The summed E-state index contributed by atoms with van der Waals surface area (Å²) in [6, 6.07) is 2.03. The second-order valence-electron chi connectivity index (χ2n) is 3.58. The van der Waals surface area contributed by atoms with Crippen LogP contribution in [0.5, 0.6) is 0 Å². The molecule has 1 heterocycles. The van der Waals surface area contributed by atoms with Crippen molar-refractivity contribution in [2.24, 2.45) is 0 Å². The van der Waals surface area contributed by atoms with Crippen LogP contribution in [0.4, 0.5) is 0 Å². The predicted octanol–water partition coefficient (Wildman–Crippen LogP) is 1.41. The Morgan fingerprint density at radius 1 is 1.44 bits per heavy atom. The Morgan fingerprint density at radius 2 is 2.22 bits per heavy atom. The van der Waals surface area contributed by atoms with Crippen LogP contribution in [0.2, 0.25) is 0 Å². The lowest BCUT2D eigenvalue weighted by atomic mass is 10.3. The number of hydrogen-bond donors (Lipinski definition) is 2. The van der Waals surface area contributed by atoms with Gasteiger partial charge in [0.05, 0.1) is 19.6 Å². The highest BCUT2D eigenvalue weighted by molar-refractivity contribution is 7.07. The van der Waals surface area contributed by atoms with Crippen molar-refractivity contribution in [1.29, 1.82) is 0 Å². The third-order valence-corrected chi connectivity index (χ3v) is 2.87. The third kappa shape index (κ3) is 5.60. The summed E-state index contributed by atoms with van der Waals surface area (Å²) in [7, 11) is 0. The molecule has 0 spiro atoms. The maximum Gasteiger partial charge on any atom is 0.351 e. The van der Waals surface area contributed by atoms with Crippen LogP contribution < -0.4 is 5.32 Å². The Bertz CT molecular complexity index is 414. The van der Waals surface area contributed by atoms with E-state index in [0.717, 1.165) is 6.42 Å². The Labute approximate surface area is 109 Å². The molecule has 1 aromatic heterocycles. The minimum atomic E-state index is -1.23. The summed E-state index contributed by atoms with van der Waals surface area (Å²) >= 11 is 1.63. The van der Waals surface area contributed by atoms with E-state index in [1.807, 2.05) is 16.8 Å². The normalized spacial score (nSPS) is 10.0. The number of aliphatic carboxylic acids is 1. The summed E-state index contributed by atoms with van der Waals surface area (Å²) < 4.78 is 5.29. The summed E-state index contributed by atoms with van der Waals surface area (Å²) in [6.07, 6.45) is 0.933. The number of carbonyl (C=O) groups is 2. The molecule has 0 fully saturated rings. The van der Waals surface area contributed by atoms with Gasteiger partial charge in [0.2, 0.25) is 5.91 Å². The molecular weight excluding hydrogens is 254 g/mol. The molecule has 1 rings (SSSR count). The number of ether oxygens (including phenoxy) is 1.